The number of alkyl carbamates (subject to hydrolysis) is 1. The lowest BCUT2D eigenvalue weighted by molar-refractivity contribution is -0.122. The van der Waals surface area contributed by atoms with Gasteiger partial charge in [0.1, 0.15) is 5.88 Å². The maximum absolute atomic E-state index is 12.6. The van der Waals surface area contributed by atoms with Crippen molar-refractivity contribution in [3.05, 3.63) is 65.7 Å². The summed E-state index contributed by atoms with van der Waals surface area (Å²) in [5, 5.41) is 5.05. The molecular weight excluding hydrogens is 428 g/mol. The molecule has 1 unspecified atom stereocenters. The molecule has 2 rings (SSSR count). The standard InChI is InChI=1S/C21H25ClN2O5S/c1-2-29-21(26)24-15-30(27,28)19-11-7-6-10-17(19)12-13-23-20(25)18(14-22)16-8-4-3-5-9-16/h3-11,18H,2,12-15H2,1H3,(H,23,25)(H,24,26). The van der Waals surface area contributed by atoms with E-state index in [2.05, 4.69) is 10.6 Å². The molecule has 0 heterocycles. The highest BCUT2D eigenvalue weighted by atomic mass is 35.5. The average Bonchev–Trinajstić information content (AvgIpc) is 2.74. The molecule has 2 aromatic rings. The van der Waals surface area contributed by atoms with E-state index in [-0.39, 0.29) is 29.8 Å². The molecule has 0 aliphatic rings. The number of carbonyl (C=O) groups is 2. The van der Waals surface area contributed by atoms with Crippen LogP contribution in [0.5, 0.6) is 0 Å². The van der Waals surface area contributed by atoms with E-state index in [0.29, 0.717) is 12.0 Å². The monoisotopic (exact) mass is 452 g/mol. The average molecular weight is 453 g/mol. The summed E-state index contributed by atoms with van der Waals surface area (Å²) in [5.74, 6) is -1.14. The molecule has 7 nitrogen and oxygen atoms in total. The fourth-order valence-corrected chi connectivity index (χ4v) is 4.50. The normalized spacial score (nSPS) is 12.1. The van der Waals surface area contributed by atoms with Gasteiger partial charge in [0.2, 0.25) is 5.91 Å². The second kappa shape index (κ2) is 11.6. The number of sulfone groups is 1. The van der Waals surface area contributed by atoms with Crippen molar-refractivity contribution in [3.8, 4) is 0 Å². The van der Waals surface area contributed by atoms with Crippen LogP contribution in [0.25, 0.3) is 0 Å². The van der Waals surface area contributed by atoms with Crippen LogP contribution in [0, 0.1) is 0 Å². The molecule has 0 fully saturated rings. The van der Waals surface area contributed by atoms with Gasteiger partial charge in [-0.2, -0.15) is 0 Å². The van der Waals surface area contributed by atoms with Crippen LogP contribution in [0.3, 0.4) is 0 Å². The van der Waals surface area contributed by atoms with Crippen molar-refractivity contribution in [3.63, 3.8) is 0 Å². The maximum atomic E-state index is 12.6. The van der Waals surface area contributed by atoms with E-state index in [1.807, 2.05) is 30.3 Å². The van der Waals surface area contributed by atoms with Crippen LogP contribution in [-0.4, -0.2) is 45.3 Å². The van der Waals surface area contributed by atoms with Crippen LogP contribution in [-0.2, 0) is 25.8 Å². The van der Waals surface area contributed by atoms with Gasteiger partial charge in [0.25, 0.3) is 0 Å². The predicted octanol–water partition coefficient (Wildman–Crippen LogP) is 2.85. The van der Waals surface area contributed by atoms with Gasteiger partial charge in [-0.1, -0.05) is 48.5 Å². The van der Waals surface area contributed by atoms with Gasteiger partial charge in [-0.15, -0.1) is 11.6 Å². The Morgan fingerprint density at radius 1 is 1.03 bits per heavy atom. The molecule has 0 spiro atoms. The first kappa shape index (κ1) is 23.7. The number of carbonyl (C=O) groups excluding carboxylic acids is 2. The molecule has 162 valence electrons. The Morgan fingerprint density at radius 3 is 2.37 bits per heavy atom. The number of halogens is 1. The number of hydrogen-bond donors (Lipinski definition) is 2. The van der Waals surface area contributed by atoms with Crippen LogP contribution in [0.15, 0.2) is 59.5 Å². The first-order valence-corrected chi connectivity index (χ1v) is 11.7. The lowest BCUT2D eigenvalue weighted by atomic mass is 10.0. The lowest BCUT2D eigenvalue weighted by Gasteiger charge is -2.15. The van der Waals surface area contributed by atoms with Gasteiger partial charge in [-0.3, -0.25) is 4.79 Å². The number of rotatable bonds is 10. The van der Waals surface area contributed by atoms with Gasteiger partial charge in [-0.05, 0) is 30.5 Å². The third kappa shape index (κ3) is 6.74. The van der Waals surface area contributed by atoms with E-state index < -0.39 is 27.7 Å². The summed E-state index contributed by atoms with van der Waals surface area (Å²) < 4.78 is 29.9. The van der Waals surface area contributed by atoms with Crippen LogP contribution < -0.4 is 10.6 Å². The molecule has 0 aliphatic heterocycles. The minimum Gasteiger partial charge on any atom is -0.450 e. The number of benzene rings is 2. The molecule has 2 amide bonds. The smallest absolute Gasteiger partial charge is 0.407 e. The summed E-state index contributed by atoms with van der Waals surface area (Å²) in [5.41, 5.74) is 1.36. The molecule has 2 aromatic carbocycles. The molecule has 30 heavy (non-hydrogen) atoms. The molecule has 0 saturated carbocycles. The highest BCUT2D eigenvalue weighted by molar-refractivity contribution is 7.91. The Kier molecular flexibility index (Phi) is 9.14. The van der Waals surface area contributed by atoms with Crippen molar-refractivity contribution in [2.45, 2.75) is 24.2 Å². The maximum Gasteiger partial charge on any atom is 0.407 e. The summed E-state index contributed by atoms with van der Waals surface area (Å²) in [7, 11) is -3.76. The molecule has 1 atom stereocenters. The van der Waals surface area contributed by atoms with E-state index in [1.165, 1.54) is 6.07 Å². The van der Waals surface area contributed by atoms with Crippen molar-refractivity contribution >= 4 is 33.4 Å². The van der Waals surface area contributed by atoms with E-state index in [0.717, 1.165) is 5.56 Å². The molecule has 2 N–H and O–H groups in total. The SMILES string of the molecule is CCOC(=O)NCS(=O)(=O)c1ccccc1CCNC(=O)C(CCl)c1ccccc1. The second-order valence-electron chi connectivity index (χ2n) is 6.42. The zero-order valence-corrected chi connectivity index (χ0v) is 18.2. The third-order valence-corrected chi connectivity index (χ3v) is 6.26. The molecular formula is C21H25ClN2O5S. The van der Waals surface area contributed by atoms with Crippen molar-refractivity contribution in [2.24, 2.45) is 0 Å². The summed E-state index contributed by atoms with van der Waals surface area (Å²) in [6.07, 6.45) is -0.483. The van der Waals surface area contributed by atoms with E-state index in [1.54, 1.807) is 25.1 Å². The summed E-state index contributed by atoms with van der Waals surface area (Å²) in [4.78, 5) is 24.0. The van der Waals surface area contributed by atoms with Gasteiger partial charge in [0.15, 0.2) is 9.84 Å². The second-order valence-corrected chi connectivity index (χ2v) is 8.69. The summed E-state index contributed by atoms with van der Waals surface area (Å²) >= 11 is 5.98. The van der Waals surface area contributed by atoms with Gasteiger partial charge in [-0.25, -0.2) is 13.2 Å². The van der Waals surface area contributed by atoms with Gasteiger partial charge in [0, 0.05) is 12.4 Å². The van der Waals surface area contributed by atoms with Crippen molar-refractivity contribution < 1.29 is 22.7 Å². The number of amides is 2. The number of nitrogens with one attached hydrogen (secondary N) is 2. The Labute approximate surface area is 181 Å². The minimum absolute atomic E-state index is 0.105. The van der Waals surface area contributed by atoms with Crippen molar-refractivity contribution in [1.29, 1.82) is 0 Å². The van der Waals surface area contributed by atoms with Gasteiger partial charge >= 0.3 is 6.09 Å². The van der Waals surface area contributed by atoms with Gasteiger partial charge in [0.05, 0.1) is 17.4 Å². The molecule has 0 aromatic heterocycles. The summed E-state index contributed by atoms with van der Waals surface area (Å²) in [6, 6.07) is 15.7. The Hall–Kier alpha value is -2.58. The predicted molar refractivity (Wildman–Crippen MR) is 115 cm³/mol. The number of hydrogen-bond acceptors (Lipinski definition) is 5. The van der Waals surface area contributed by atoms with Crippen LogP contribution in [0.4, 0.5) is 4.79 Å². The van der Waals surface area contributed by atoms with E-state index in [9.17, 15) is 18.0 Å². The first-order valence-electron chi connectivity index (χ1n) is 9.49. The molecule has 0 saturated heterocycles. The Balaban J connectivity index is 2.01. The van der Waals surface area contributed by atoms with Crippen LogP contribution >= 0.6 is 11.6 Å². The zero-order chi connectivity index (χ0) is 22.0. The molecule has 0 aliphatic carbocycles. The number of alkyl halides is 1. The summed E-state index contributed by atoms with van der Waals surface area (Å²) in [6.45, 7) is 2.02. The topological polar surface area (TPSA) is 102 Å². The first-order chi connectivity index (χ1) is 14.4. The highest BCUT2D eigenvalue weighted by Crippen LogP contribution is 2.19. The third-order valence-electron chi connectivity index (χ3n) is 4.36. The van der Waals surface area contributed by atoms with Gasteiger partial charge < -0.3 is 15.4 Å². The van der Waals surface area contributed by atoms with Crippen molar-refractivity contribution in [2.75, 3.05) is 24.9 Å². The van der Waals surface area contributed by atoms with Crippen LogP contribution in [0.1, 0.15) is 24.0 Å². The largest absolute Gasteiger partial charge is 0.450 e. The quantitative estimate of drug-likeness (QED) is 0.540. The Morgan fingerprint density at radius 2 is 1.70 bits per heavy atom. The molecule has 9 heteroatoms. The number of ether oxygens (including phenoxy) is 1. The van der Waals surface area contributed by atoms with Crippen LogP contribution in [0.2, 0.25) is 0 Å². The fraction of sp³-hybridized carbons (Fsp3) is 0.333. The van der Waals surface area contributed by atoms with E-state index in [4.69, 9.17) is 16.3 Å². The fourth-order valence-electron chi connectivity index (χ4n) is 2.87. The Bertz CT molecular complexity index is 951. The molecule has 0 radical (unpaired) electrons. The van der Waals surface area contributed by atoms with Crippen molar-refractivity contribution in [1.82, 2.24) is 10.6 Å². The zero-order valence-electron chi connectivity index (χ0n) is 16.6. The lowest BCUT2D eigenvalue weighted by Crippen LogP contribution is -2.32. The minimum atomic E-state index is -3.76. The van der Waals surface area contributed by atoms with E-state index >= 15 is 0 Å². The highest BCUT2D eigenvalue weighted by Gasteiger charge is 2.21. The molecule has 0 bridgehead atoms.